The van der Waals surface area contributed by atoms with Crippen molar-refractivity contribution in [2.75, 3.05) is 0 Å². The number of hydrogen-bond acceptors (Lipinski definition) is 3. The number of aliphatic hydroxyl groups excluding tert-OH is 1. The second-order valence-corrected chi connectivity index (χ2v) is 1.85. The van der Waals surface area contributed by atoms with Crippen LogP contribution in [0.2, 0.25) is 0 Å². The van der Waals surface area contributed by atoms with E-state index in [2.05, 4.69) is 0 Å². The van der Waals surface area contributed by atoms with E-state index in [1.807, 2.05) is 0 Å². The average molecular weight is 156 g/mol. The van der Waals surface area contributed by atoms with Gasteiger partial charge in [-0.2, -0.15) is 0 Å². The van der Waals surface area contributed by atoms with Gasteiger partial charge in [-0.15, -0.1) is 0 Å². The van der Waals surface area contributed by atoms with E-state index in [9.17, 15) is 9.59 Å². The highest BCUT2D eigenvalue weighted by Gasteiger charge is 1.91. The lowest BCUT2D eigenvalue weighted by Crippen LogP contribution is -1.89. The molecule has 0 aliphatic rings. The van der Waals surface area contributed by atoms with Gasteiger partial charge < -0.3 is 10.2 Å². The van der Waals surface area contributed by atoms with Gasteiger partial charge in [0.2, 0.25) is 0 Å². The molecule has 0 atom stereocenters. The molecule has 0 aliphatic heterocycles. The molecule has 0 amide bonds. The van der Waals surface area contributed by atoms with Crippen LogP contribution in [0.25, 0.3) is 0 Å². The second kappa shape index (κ2) is 4.27. The fourth-order valence-corrected chi connectivity index (χ4v) is 0.413. The maximum Gasteiger partial charge on any atom is 0.328 e. The summed E-state index contributed by atoms with van der Waals surface area (Å²) < 4.78 is 0. The lowest BCUT2D eigenvalue weighted by molar-refractivity contribution is -0.131. The number of carboxylic acids is 1. The van der Waals surface area contributed by atoms with Crippen molar-refractivity contribution >= 4 is 11.8 Å². The molecular weight excluding hydrogens is 148 g/mol. The number of allylic oxidation sites excluding steroid dienone is 2. The van der Waals surface area contributed by atoms with Crippen LogP contribution in [0.15, 0.2) is 24.0 Å². The van der Waals surface area contributed by atoms with E-state index < -0.39 is 5.97 Å². The van der Waals surface area contributed by atoms with Crippen molar-refractivity contribution in [1.29, 1.82) is 0 Å². The molecule has 0 aliphatic carbocycles. The number of rotatable bonds is 3. The van der Waals surface area contributed by atoms with Crippen molar-refractivity contribution in [2.45, 2.75) is 6.92 Å². The quantitative estimate of drug-likeness (QED) is 0.357. The van der Waals surface area contributed by atoms with Gasteiger partial charge in [0, 0.05) is 12.2 Å². The van der Waals surface area contributed by atoms with Crippen molar-refractivity contribution in [1.82, 2.24) is 0 Å². The second-order valence-electron chi connectivity index (χ2n) is 1.85. The van der Waals surface area contributed by atoms with E-state index in [4.69, 9.17) is 10.2 Å². The van der Waals surface area contributed by atoms with E-state index in [1.54, 1.807) is 0 Å². The maximum atomic E-state index is 10.3. The van der Waals surface area contributed by atoms with Crippen LogP contribution >= 0.6 is 0 Å². The average Bonchev–Trinajstić information content (AvgIpc) is 1.82. The van der Waals surface area contributed by atoms with E-state index in [-0.39, 0.29) is 11.5 Å². The van der Waals surface area contributed by atoms with Crippen molar-refractivity contribution in [3.05, 3.63) is 24.0 Å². The van der Waals surface area contributed by atoms with Crippen molar-refractivity contribution < 1.29 is 19.8 Å². The first-order chi connectivity index (χ1) is 5.02. The molecule has 0 aromatic carbocycles. The molecule has 0 saturated heterocycles. The standard InChI is InChI=1S/C7H8O4/c1-5(8)4-6(9)2-3-7(10)11/h2-4,9H,1H3,(H,10,11). The van der Waals surface area contributed by atoms with Crippen molar-refractivity contribution in [3.8, 4) is 0 Å². The zero-order valence-electron chi connectivity index (χ0n) is 5.94. The predicted molar refractivity (Wildman–Crippen MR) is 38.2 cm³/mol. The molecule has 0 aromatic heterocycles. The summed E-state index contributed by atoms with van der Waals surface area (Å²) in [6.45, 7) is 1.25. The zero-order valence-corrected chi connectivity index (χ0v) is 5.94. The van der Waals surface area contributed by atoms with Crippen LogP contribution in [-0.4, -0.2) is 22.0 Å². The lowest BCUT2D eigenvalue weighted by Gasteiger charge is -1.86. The Morgan fingerprint density at radius 2 is 1.73 bits per heavy atom. The largest absolute Gasteiger partial charge is 0.508 e. The third-order valence-electron chi connectivity index (χ3n) is 0.748. The third-order valence-corrected chi connectivity index (χ3v) is 0.748. The fraction of sp³-hybridized carbons (Fsp3) is 0.143. The Kier molecular flexibility index (Phi) is 3.66. The minimum absolute atomic E-state index is 0.336. The summed E-state index contributed by atoms with van der Waals surface area (Å²) in [7, 11) is 0. The topological polar surface area (TPSA) is 74.6 Å². The van der Waals surface area contributed by atoms with Crippen molar-refractivity contribution in [2.24, 2.45) is 0 Å². The first-order valence-corrected chi connectivity index (χ1v) is 2.84. The summed E-state index contributed by atoms with van der Waals surface area (Å²) in [5.74, 6) is -1.87. The van der Waals surface area contributed by atoms with Crippen molar-refractivity contribution in [3.63, 3.8) is 0 Å². The molecule has 0 heterocycles. The Balaban J connectivity index is 4.17. The van der Waals surface area contributed by atoms with E-state index in [0.29, 0.717) is 0 Å². The van der Waals surface area contributed by atoms with Crippen LogP contribution in [0.5, 0.6) is 0 Å². The monoisotopic (exact) mass is 156 g/mol. The van der Waals surface area contributed by atoms with Gasteiger partial charge >= 0.3 is 5.97 Å². The molecule has 60 valence electrons. The normalized spacial score (nSPS) is 11.9. The Hall–Kier alpha value is -1.58. The Morgan fingerprint density at radius 3 is 2.09 bits per heavy atom. The van der Waals surface area contributed by atoms with Gasteiger partial charge in [-0.05, 0) is 13.0 Å². The summed E-state index contributed by atoms with van der Waals surface area (Å²) in [5, 5.41) is 16.8. The van der Waals surface area contributed by atoms with Gasteiger partial charge in [0.05, 0.1) is 0 Å². The van der Waals surface area contributed by atoms with Gasteiger partial charge in [0.25, 0.3) is 0 Å². The summed E-state index contributed by atoms with van der Waals surface area (Å²) in [5.41, 5.74) is 0. The zero-order chi connectivity index (χ0) is 8.85. The summed E-state index contributed by atoms with van der Waals surface area (Å²) in [4.78, 5) is 20.2. The molecule has 0 spiro atoms. The predicted octanol–water partition coefficient (Wildman–Crippen LogP) is 0.658. The number of hydrogen-bond donors (Lipinski definition) is 2. The molecule has 0 fully saturated rings. The summed E-state index contributed by atoms with van der Waals surface area (Å²) >= 11 is 0. The first-order valence-electron chi connectivity index (χ1n) is 2.84. The molecule has 0 saturated carbocycles. The molecule has 0 unspecified atom stereocenters. The number of carboxylic acid groups (broad SMARTS) is 1. The highest BCUT2D eigenvalue weighted by atomic mass is 16.4. The Labute approximate surface area is 63.5 Å². The molecule has 11 heavy (non-hydrogen) atoms. The highest BCUT2D eigenvalue weighted by molar-refractivity contribution is 5.88. The van der Waals surface area contributed by atoms with Crippen LogP contribution in [-0.2, 0) is 9.59 Å². The Morgan fingerprint density at radius 1 is 1.18 bits per heavy atom. The number of aliphatic carboxylic acids is 1. The minimum atomic E-state index is -1.17. The molecule has 4 nitrogen and oxygen atoms in total. The lowest BCUT2D eigenvalue weighted by atomic mass is 10.3. The van der Waals surface area contributed by atoms with Crippen LogP contribution in [0.4, 0.5) is 0 Å². The maximum absolute atomic E-state index is 10.3. The molecule has 2 N–H and O–H groups in total. The SMILES string of the molecule is CC(=O)C=C(O)C=CC(=O)O. The van der Waals surface area contributed by atoms with Crippen LogP contribution in [0.1, 0.15) is 6.92 Å². The molecule has 0 bridgehead atoms. The number of carbonyl (C=O) groups excluding carboxylic acids is 1. The number of aliphatic hydroxyl groups is 1. The van der Waals surface area contributed by atoms with E-state index in [0.717, 1.165) is 18.2 Å². The first kappa shape index (κ1) is 9.42. The minimum Gasteiger partial charge on any atom is -0.508 e. The smallest absolute Gasteiger partial charge is 0.328 e. The van der Waals surface area contributed by atoms with Gasteiger partial charge in [-0.1, -0.05) is 0 Å². The van der Waals surface area contributed by atoms with Gasteiger partial charge in [0.1, 0.15) is 5.76 Å². The molecule has 0 aromatic rings. The fourth-order valence-electron chi connectivity index (χ4n) is 0.413. The Bertz CT molecular complexity index is 225. The molecule has 4 heteroatoms. The van der Waals surface area contributed by atoms with E-state index in [1.165, 1.54) is 6.92 Å². The van der Waals surface area contributed by atoms with E-state index >= 15 is 0 Å². The van der Waals surface area contributed by atoms with Gasteiger partial charge in [0.15, 0.2) is 5.78 Å². The summed E-state index contributed by atoms with van der Waals surface area (Å²) in [6.07, 6.45) is 2.61. The number of carbonyl (C=O) groups is 2. The molecule has 0 rings (SSSR count). The highest BCUT2D eigenvalue weighted by Crippen LogP contribution is 1.90. The molecular formula is C7H8O4. The third kappa shape index (κ3) is 6.30. The summed E-state index contributed by atoms with van der Waals surface area (Å²) in [6, 6.07) is 0. The van der Waals surface area contributed by atoms with Crippen LogP contribution in [0, 0.1) is 0 Å². The van der Waals surface area contributed by atoms with Gasteiger partial charge in [-0.25, -0.2) is 4.79 Å². The van der Waals surface area contributed by atoms with Crippen LogP contribution < -0.4 is 0 Å². The van der Waals surface area contributed by atoms with Crippen LogP contribution in [0.3, 0.4) is 0 Å². The van der Waals surface area contributed by atoms with Gasteiger partial charge in [-0.3, -0.25) is 4.79 Å². The molecule has 0 radical (unpaired) electrons. The number of ketones is 1.